The zero-order valence-corrected chi connectivity index (χ0v) is 10.3. The lowest BCUT2D eigenvalue weighted by Crippen LogP contribution is -2.06. The highest BCUT2D eigenvalue weighted by atomic mass is 32.1. The number of nitrogens with two attached hydrogens (primary N) is 1. The molecule has 0 spiro atoms. The summed E-state index contributed by atoms with van der Waals surface area (Å²) in [7, 11) is 0. The minimum atomic E-state index is -4.34. The fraction of sp³-hybridized carbons (Fsp3) is 0.182. The van der Waals surface area contributed by atoms with Gasteiger partial charge in [0.05, 0.1) is 5.56 Å². The van der Waals surface area contributed by atoms with Gasteiger partial charge in [-0.25, -0.2) is 4.98 Å². The highest BCUT2D eigenvalue weighted by Crippen LogP contribution is 2.29. The van der Waals surface area contributed by atoms with Crippen molar-refractivity contribution in [1.82, 2.24) is 15.0 Å². The Balaban J connectivity index is 2.22. The highest BCUT2D eigenvalue weighted by Gasteiger charge is 2.29. The molecule has 2 rings (SSSR count). The summed E-state index contributed by atoms with van der Waals surface area (Å²) in [6.45, 7) is 0. The van der Waals surface area contributed by atoms with Gasteiger partial charge < -0.3 is 10.7 Å². The first-order chi connectivity index (χ1) is 8.84. The molecule has 100 valence electrons. The molecule has 0 atom stereocenters. The number of nitrogens with zero attached hydrogens (tertiary/aromatic N) is 2. The quantitative estimate of drug-likeness (QED) is 0.833. The number of aromatic amines is 1. The van der Waals surface area contributed by atoms with Crippen molar-refractivity contribution >= 4 is 18.2 Å². The van der Waals surface area contributed by atoms with Crippen LogP contribution in [0, 0.1) is 4.77 Å². The predicted molar refractivity (Wildman–Crippen MR) is 65.9 cm³/mol. The van der Waals surface area contributed by atoms with Crippen molar-refractivity contribution in [1.29, 1.82) is 0 Å². The van der Waals surface area contributed by atoms with Crippen LogP contribution in [0.4, 0.5) is 19.1 Å². The Hall–Kier alpha value is -1.96. The molecule has 0 fully saturated rings. The molecule has 0 unspecified atom stereocenters. The first-order valence-corrected chi connectivity index (χ1v) is 5.64. The van der Waals surface area contributed by atoms with Gasteiger partial charge >= 0.3 is 6.18 Å². The van der Waals surface area contributed by atoms with Gasteiger partial charge in [0.1, 0.15) is 5.82 Å². The minimum absolute atomic E-state index is 0.0955. The van der Waals surface area contributed by atoms with E-state index in [-0.39, 0.29) is 10.7 Å². The van der Waals surface area contributed by atoms with Crippen LogP contribution in [0.2, 0.25) is 0 Å². The zero-order chi connectivity index (χ0) is 14.0. The molecule has 0 aliphatic heterocycles. The van der Waals surface area contributed by atoms with E-state index in [0.29, 0.717) is 17.8 Å². The van der Waals surface area contributed by atoms with Crippen LogP contribution in [0.25, 0.3) is 0 Å². The summed E-state index contributed by atoms with van der Waals surface area (Å²) in [5, 5.41) is 0. The van der Waals surface area contributed by atoms with Crippen molar-refractivity contribution in [3.05, 3.63) is 46.0 Å². The number of hydrogen-bond acceptors (Lipinski definition) is 4. The van der Waals surface area contributed by atoms with Crippen LogP contribution in [-0.4, -0.2) is 15.0 Å². The lowest BCUT2D eigenvalue weighted by molar-refractivity contribution is -0.137. The number of benzene rings is 1. The van der Waals surface area contributed by atoms with E-state index in [1.165, 1.54) is 12.1 Å². The number of nitrogen functional groups attached to an aromatic ring is 1. The fourth-order valence-corrected chi connectivity index (χ4v) is 1.74. The number of alkyl halides is 3. The molecule has 0 amide bonds. The topological polar surface area (TPSA) is 67.6 Å². The molecule has 1 heterocycles. The van der Waals surface area contributed by atoms with E-state index in [9.17, 15) is 13.2 Å². The Morgan fingerprint density at radius 1 is 1.16 bits per heavy atom. The molecule has 8 heteroatoms. The number of aromatic nitrogens is 3. The van der Waals surface area contributed by atoms with Gasteiger partial charge in [-0.15, -0.1) is 0 Å². The van der Waals surface area contributed by atoms with Crippen molar-refractivity contribution in [2.75, 3.05) is 5.73 Å². The van der Waals surface area contributed by atoms with Crippen molar-refractivity contribution in [2.45, 2.75) is 12.6 Å². The monoisotopic (exact) mass is 286 g/mol. The Bertz CT molecular complexity index is 634. The smallest absolute Gasteiger partial charge is 0.369 e. The third kappa shape index (κ3) is 3.50. The van der Waals surface area contributed by atoms with Gasteiger partial charge in [0.25, 0.3) is 0 Å². The third-order valence-electron chi connectivity index (χ3n) is 2.37. The highest BCUT2D eigenvalue weighted by molar-refractivity contribution is 7.71. The molecule has 0 bridgehead atoms. The van der Waals surface area contributed by atoms with Crippen LogP contribution in [0.3, 0.4) is 0 Å². The van der Waals surface area contributed by atoms with Gasteiger partial charge in [0, 0.05) is 6.42 Å². The van der Waals surface area contributed by atoms with E-state index in [1.54, 1.807) is 0 Å². The average molecular weight is 286 g/mol. The second-order valence-electron chi connectivity index (χ2n) is 3.83. The van der Waals surface area contributed by atoms with Gasteiger partial charge in [-0.3, -0.25) is 0 Å². The Labute approximate surface area is 111 Å². The van der Waals surface area contributed by atoms with Crippen LogP contribution < -0.4 is 5.73 Å². The molecule has 4 nitrogen and oxygen atoms in total. The van der Waals surface area contributed by atoms with Crippen molar-refractivity contribution in [3.8, 4) is 0 Å². The number of hydrogen-bond donors (Lipinski definition) is 2. The fourth-order valence-electron chi connectivity index (χ4n) is 1.54. The van der Waals surface area contributed by atoms with Crippen LogP contribution >= 0.6 is 12.2 Å². The Kier molecular flexibility index (Phi) is 3.52. The van der Waals surface area contributed by atoms with Gasteiger partial charge in [0.15, 0.2) is 0 Å². The maximum atomic E-state index is 12.4. The summed E-state index contributed by atoms with van der Waals surface area (Å²) in [6.07, 6.45) is -4.04. The number of nitrogens with one attached hydrogen (secondary N) is 1. The molecular weight excluding hydrogens is 277 g/mol. The lowest BCUT2D eigenvalue weighted by atomic mass is 10.1. The molecular formula is C11H9F3N4S. The number of anilines is 1. The van der Waals surface area contributed by atoms with Gasteiger partial charge in [0.2, 0.25) is 10.7 Å². The number of H-pyrrole nitrogens is 1. The zero-order valence-electron chi connectivity index (χ0n) is 9.53. The standard InChI is InChI=1S/C11H9F3N4S/c12-11(13,14)7-3-1-6(2-4-7)5-8-16-9(15)18-10(19)17-8/h1-4H,5H2,(H3,15,16,17,18,19). The van der Waals surface area contributed by atoms with Crippen molar-refractivity contribution < 1.29 is 13.2 Å². The lowest BCUT2D eigenvalue weighted by Gasteiger charge is -2.07. The van der Waals surface area contributed by atoms with Crippen LogP contribution in [0.1, 0.15) is 17.0 Å². The minimum Gasteiger partial charge on any atom is -0.369 e. The second kappa shape index (κ2) is 4.96. The van der Waals surface area contributed by atoms with Crippen molar-refractivity contribution in [3.63, 3.8) is 0 Å². The molecule has 1 aromatic carbocycles. The SMILES string of the molecule is Nc1nc(=S)nc(Cc2ccc(C(F)(F)F)cc2)[nH]1. The predicted octanol–water partition coefficient (Wildman–Crippen LogP) is 2.73. The summed E-state index contributed by atoms with van der Waals surface area (Å²) in [4.78, 5) is 10.4. The number of halogens is 3. The third-order valence-corrected chi connectivity index (χ3v) is 2.55. The summed E-state index contributed by atoms with van der Waals surface area (Å²) in [5.41, 5.74) is 5.45. The molecule has 2 aromatic rings. The van der Waals surface area contributed by atoms with Crippen molar-refractivity contribution in [2.24, 2.45) is 0 Å². The average Bonchev–Trinajstić information content (AvgIpc) is 2.26. The van der Waals surface area contributed by atoms with Crippen LogP contribution in [-0.2, 0) is 12.6 Å². The Morgan fingerprint density at radius 3 is 2.32 bits per heavy atom. The summed E-state index contributed by atoms with van der Waals surface area (Å²) >= 11 is 4.80. The molecule has 3 N–H and O–H groups in total. The first kappa shape index (κ1) is 13.5. The van der Waals surface area contributed by atoms with E-state index in [0.717, 1.165) is 12.1 Å². The van der Waals surface area contributed by atoms with Crippen LogP contribution in [0.5, 0.6) is 0 Å². The normalized spacial score (nSPS) is 11.5. The Morgan fingerprint density at radius 2 is 1.79 bits per heavy atom. The summed E-state index contributed by atoms with van der Waals surface area (Å²) in [5.74, 6) is 0.583. The largest absolute Gasteiger partial charge is 0.416 e. The summed E-state index contributed by atoms with van der Waals surface area (Å²) in [6, 6.07) is 4.82. The first-order valence-electron chi connectivity index (χ1n) is 5.23. The van der Waals surface area contributed by atoms with Gasteiger partial charge in [-0.05, 0) is 29.9 Å². The maximum absolute atomic E-state index is 12.4. The van der Waals surface area contributed by atoms with E-state index >= 15 is 0 Å². The van der Waals surface area contributed by atoms with Gasteiger partial charge in [-0.2, -0.15) is 18.2 Å². The number of rotatable bonds is 2. The van der Waals surface area contributed by atoms with Gasteiger partial charge in [-0.1, -0.05) is 12.1 Å². The molecule has 0 aliphatic carbocycles. The molecule has 0 saturated carbocycles. The summed E-state index contributed by atoms with van der Waals surface area (Å²) < 4.78 is 37.3. The molecule has 0 aliphatic rings. The van der Waals surface area contributed by atoms with E-state index in [1.807, 2.05) is 0 Å². The van der Waals surface area contributed by atoms with E-state index in [2.05, 4.69) is 15.0 Å². The second-order valence-corrected chi connectivity index (χ2v) is 4.20. The van der Waals surface area contributed by atoms with Crippen LogP contribution in [0.15, 0.2) is 24.3 Å². The maximum Gasteiger partial charge on any atom is 0.416 e. The molecule has 0 radical (unpaired) electrons. The van der Waals surface area contributed by atoms with E-state index < -0.39 is 11.7 Å². The molecule has 0 saturated heterocycles. The van der Waals surface area contributed by atoms with E-state index in [4.69, 9.17) is 18.0 Å². The molecule has 19 heavy (non-hydrogen) atoms. The molecule has 1 aromatic heterocycles.